The molecule has 1 aromatic carbocycles. The maximum atomic E-state index is 11.0. The Morgan fingerprint density at radius 3 is 2.57 bits per heavy atom. The molecule has 0 aromatic heterocycles. The van der Waals surface area contributed by atoms with Crippen LogP contribution in [-0.4, -0.2) is 18.2 Å². The summed E-state index contributed by atoms with van der Waals surface area (Å²) >= 11 is 0. The molecular formula is C17H14O4. The first kappa shape index (κ1) is 13.2. The van der Waals surface area contributed by atoms with Gasteiger partial charge in [-0.1, -0.05) is 18.2 Å². The summed E-state index contributed by atoms with van der Waals surface area (Å²) in [5, 5.41) is 9.02. The minimum atomic E-state index is -0.909. The minimum absolute atomic E-state index is 0.134. The number of hydrogen-bond donors (Lipinski definition) is 1. The summed E-state index contributed by atoms with van der Waals surface area (Å²) in [6, 6.07) is 15.1. The zero-order chi connectivity index (χ0) is 14.8. The molecule has 0 unspecified atom stereocenters. The van der Waals surface area contributed by atoms with Crippen LogP contribution in [0, 0.1) is 0 Å². The third-order valence-corrected chi connectivity index (χ3v) is 3.36. The molecule has 0 amide bonds. The van der Waals surface area contributed by atoms with Gasteiger partial charge < -0.3 is 14.3 Å². The number of rotatable bonds is 4. The average Bonchev–Trinajstić information content (AvgIpc) is 2.95. The van der Waals surface area contributed by atoms with E-state index in [0.29, 0.717) is 11.5 Å². The maximum Gasteiger partial charge on any atom is 0.311 e. The van der Waals surface area contributed by atoms with Gasteiger partial charge >= 0.3 is 5.97 Å². The number of benzene rings is 1. The van der Waals surface area contributed by atoms with E-state index in [9.17, 15) is 4.79 Å². The molecule has 0 radical (unpaired) electrons. The molecule has 1 aliphatic carbocycles. The molecule has 1 aromatic rings. The normalized spacial score (nSPS) is 10.7. The Morgan fingerprint density at radius 1 is 1.14 bits per heavy atom. The fraction of sp³-hybridized carbons (Fsp3) is 0.118. The number of hydrogen-bond acceptors (Lipinski definition) is 3. The summed E-state index contributed by atoms with van der Waals surface area (Å²) in [5.74, 6) is 0.968. The van der Waals surface area contributed by atoms with E-state index in [1.807, 2.05) is 48.5 Å². The van der Waals surface area contributed by atoms with E-state index < -0.39 is 5.97 Å². The van der Waals surface area contributed by atoms with Gasteiger partial charge in [0, 0.05) is 11.1 Å². The molecule has 3 rings (SSSR count). The molecule has 1 aliphatic heterocycles. The van der Waals surface area contributed by atoms with Crippen LogP contribution in [0.2, 0.25) is 0 Å². The molecule has 21 heavy (non-hydrogen) atoms. The highest BCUT2D eigenvalue weighted by molar-refractivity contribution is 5.78. The van der Waals surface area contributed by atoms with E-state index in [4.69, 9.17) is 14.3 Å². The van der Waals surface area contributed by atoms with Gasteiger partial charge in [-0.15, -0.1) is 0 Å². The van der Waals surface area contributed by atoms with Gasteiger partial charge in [-0.3, -0.25) is 4.79 Å². The van der Waals surface area contributed by atoms with Gasteiger partial charge in [0.25, 0.3) is 0 Å². The van der Waals surface area contributed by atoms with Crippen molar-refractivity contribution in [3.8, 4) is 28.2 Å². The van der Waals surface area contributed by atoms with E-state index in [1.54, 1.807) is 7.11 Å². The summed E-state index contributed by atoms with van der Waals surface area (Å²) in [7, 11) is 1.61. The van der Waals surface area contributed by atoms with Crippen LogP contribution in [0.25, 0.3) is 22.5 Å². The molecule has 4 nitrogen and oxygen atoms in total. The molecule has 1 N–H and O–H groups in total. The molecule has 0 bridgehead atoms. The second-order valence-corrected chi connectivity index (χ2v) is 4.73. The van der Waals surface area contributed by atoms with Crippen LogP contribution >= 0.6 is 0 Å². The molecule has 2 aliphatic rings. The largest absolute Gasteiger partial charge is 0.497 e. The number of aliphatic carboxylic acids is 1. The number of carbonyl (C=O) groups is 1. The van der Waals surface area contributed by atoms with E-state index >= 15 is 0 Å². The first-order valence-corrected chi connectivity index (χ1v) is 6.55. The van der Waals surface area contributed by atoms with Crippen LogP contribution in [0.5, 0.6) is 5.75 Å². The topological polar surface area (TPSA) is 59.7 Å². The standard InChI is InChI=1S/C17H14O4/c1-20-13-7-5-11(6-8-13)15-9-12-3-2-4-14(12)16(21-15)10-17(18)19/h2-9H,10H2,1H3,(H,18,19). The highest BCUT2D eigenvalue weighted by Crippen LogP contribution is 2.34. The van der Waals surface area contributed by atoms with E-state index in [2.05, 4.69) is 0 Å². The minimum Gasteiger partial charge on any atom is -0.497 e. The number of carboxylic acids is 1. The molecule has 4 heteroatoms. The highest BCUT2D eigenvalue weighted by Gasteiger charge is 2.16. The average molecular weight is 282 g/mol. The Labute approximate surface area is 121 Å². The lowest BCUT2D eigenvalue weighted by Gasteiger charge is -2.10. The van der Waals surface area contributed by atoms with Crippen LogP contribution in [0.15, 0.2) is 52.9 Å². The Balaban J connectivity index is 2.09. The lowest BCUT2D eigenvalue weighted by atomic mass is 10.0. The van der Waals surface area contributed by atoms with Gasteiger partial charge in [-0.25, -0.2) is 0 Å². The van der Waals surface area contributed by atoms with Gasteiger partial charge in [0.15, 0.2) is 0 Å². The smallest absolute Gasteiger partial charge is 0.311 e. The van der Waals surface area contributed by atoms with Gasteiger partial charge in [0.05, 0.1) is 7.11 Å². The van der Waals surface area contributed by atoms with Crippen molar-refractivity contribution in [1.82, 2.24) is 0 Å². The number of carboxylic acid groups (broad SMARTS) is 1. The molecule has 0 fully saturated rings. The summed E-state index contributed by atoms with van der Waals surface area (Å²) < 4.78 is 10.9. The Bertz CT molecular complexity index is 740. The summed E-state index contributed by atoms with van der Waals surface area (Å²) in [4.78, 5) is 11.0. The van der Waals surface area contributed by atoms with Crippen molar-refractivity contribution >= 4 is 5.97 Å². The van der Waals surface area contributed by atoms with Crippen LogP contribution in [0.4, 0.5) is 0 Å². The molecule has 0 atom stereocenters. The maximum absolute atomic E-state index is 11.0. The second-order valence-electron chi connectivity index (χ2n) is 4.73. The quantitative estimate of drug-likeness (QED) is 0.792. The second kappa shape index (κ2) is 5.32. The van der Waals surface area contributed by atoms with Crippen LogP contribution in [0.3, 0.4) is 0 Å². The Morgan fingerprint density at radius 2 is 1.90 bits per heavy atom. The first-order valence-electron chi connectivity index (χ1n) is 6.55. The van der Waals surface area contributed by atoms with E-state index in [-0.39, 0.29) is 6.42 Å². The lowest BCUT2D eigenvalue weighted by Crippen LogP contribution is -2.02. The number of methoxy groups -OCH3 is 1. The van der Waals surface area contributed by atoms with E-state index in [1.165, 1.54) is 0 Å². The zero-order valence-corrected chi connectivity index (χ0v) is 11.5. The molecular weight excluding hydrogens is 268 g/mol. The number of fused-ring (bicyclic) bond motifs is 1. The van der Waals surface area contributed by atoms with Gasteiger partial charge in [-0.2, -0.15) is 0 Å². The van der Waals surface area contributed by atoms with Crippen molar-refractivity contribution in [1.29, 1.82) is 0 Å². The zero-order valence-electron chi connectivity index (χ0n) is 11.5. The fourth-order valence-corrected chi connectivity index (χ4v) is 2.34. The predicted octanol–water partition coefficient (Wildman–Crippen LogP) is 3.69. The summed E-state index contributed by atoms with van der Waals surface area (Å²) in [6.45, 7) is 0. The van der Waals surface area contributed by atoms with Crippen molar-refractivity contribution in [2.24, 2.45) is 0 Å². The summed E-state index contributed by atoms with van der Waals surface area (Å²) in [5.41, 5.74) is 2.70. The third-order valence-electron chi connectivity index (χ3n) is 3.36. The van der Waals surface area contributed by atoms with Crippen molar-refractivity contribution in [2.75, 3.05) is 7.11 Å². The predicted molar refractivity (Wildman–Crippen MR) is 78.7 cm³/mol. The van der Waals surface area contributed by atoms with Gasteiger partial charge in [0.2, 0.25) is 0 Å². The molecule has 0 saturated carbocycles. The third kappa shape index (κ3) is 2.60. The first-order chi connectivity index (χ1) is 10.2. The SMILES string of the molecule is COc1ccc(-c2cc3cccc-3c(CC(=O)O)o2)cc1. The molecule has 0 spiro atoms. The van der Waals surface area contributed by atoms with Crippen LogP contribution in [-0.2, 0) is 11.2 Å². The summed E-state index contributed by atoms with van der Waals surface area (Å²) in [6.07, 6.45) is -0.134. The Hall–Kier alpha value is -2.75. The van der Waals surface area contributed by atoms with Crippen molar-refractivity contribution < 1.29 is 19.1 Å². The van der Waals surface area contributed by atoms with E-state index in [0.717, 1.165) is 22.4 Å². The van der Waals surface area contributed by atoms with Crippen molar-refractivity contribution in [3.05, 3.63) is 54.3 Å². The Kier molecular flexibility index (Phi) is 3.36. The van der Waals surface area contributed by atoms with Crippen LogP contribution in [0.1, 0.15) is 5.76 Å². The monoisotopic (exact) mass is 282 g/mol. The van der Waals surface area contributed by atoms with Gasteiger partial charge in [0.1, 0.15) is 23.7 Å². The molecule has 1 heterocycles. The molecule has 106 valence electrons. The van der Waals surface area contributed by atoms with Crippen molar-refractivity contribution in [3.63, 3.8) is 0 Å². The van der Waals surface area contributed by atoms with Gasteiger partial charge in [-0.05, 0) is 35.9 Å². The fourth-order valence-electron chi connectivity index (χ4n) is 2.34. The highest BCUT2D eigenvalue weighted by atomic mass is 16.5. The lowest BCUT2D eigenvalue weighted by molar-refractivity contribution is -0.136. The molecule has 0 saturated heterocycles. The number of ether oxygens (including phenoxy) is 1. The van der Waals surface area contributed by atoms with Crippen LogP contribution < -0.4 is 4.74 Å². The van der Waals surface area contributed by atoms with Crippen molar-refractivity contribution in [2.45, 2.75) is 6.42 Å².